The molecule has 0 aromatic heterocycles. The van der Waals surface area contributed by atoms with E-state index >= 15 is 0 Å². The maximum absolute atomic E-state index is 12.9. The zero-order chi connectivity index (χ0) is 19.1. The van der Waals surface area contributed by atoms with Gasteiger partial charge in [-0.15, -0.1) is 0 Å². The second-order valence-electron chi connectivity index (χ2n) is 6.66. The number of nitrogens with zero attached hydrogens (tertiary/aromatic N) is 2. The average Bonchev–Trinajstić information content (AvgIpc) is 2.89. The van der Waals surface area contributed by atoms with E-state index in [1.807, 2.05) is 32.0 Å². The van der Waals surface area contributed by atoms with Crippen LogP contribution < -0.4 is 4.90 Å². The Balaban J connectivity index is 1.81. The summed E-state index contributed by atoms with van der Waals surface area (Å²) in [4.78, 5) is 14.7. The van der Waals surface area contributed by atoms with Gasteiger partial charge in [0.15, 0.2) is 0 Å². The van der Waals surface area contributed by atoms with Gasteiger partial charge in [-0.2, -0.15) is 4.31 Å². The van der Waals surface area contributed by atoms with Crippen LogP contribution in [-0.4, -0.2) is 38.3 Å². The molecule has 0 aliphatic carbocycles. The maximum atomic E-state index is 12.9. The highest BCUT2D eigenvalue weighted by atomic mass is 79.9. The van der Waals surface area contributed by atoms with Crippen LogP contribution in [-0.2, 0) is 21.2 Å². The third-order valence-corrected chi connectivity index (χ3v) is 6.92. The Bertz CT molecular complexity index is 942. The van der Waals surface area contributed by atoms with E-state index < -0.39 is 10.0 Å². The SMILES string of the molecule is Cc1ccc(S(=O)(=O)N(C)CC(=O)N2c3ccc(Br)cc3CC2C)cc1. The van der Waals surface area contributed by atoms with Crippen molar-refractivity contribution in [3.05, 3.63) is 58.1 Å². The molecule has 7 heteroatoms. The molecule has 0 bridgehead atoms. The molecule has 1 amide bonds. The van der Waals surface area contributed by atoms with Gasteiger partial charge in [0, 0.05) is 23.2 Å². The molecule has 0 saturated carbocycles. The van der Waals surface area contributed by atoms with Gasteiger partial charge in [0.2, 0.25) is 15.9 Å². The first-order chi connectivity index (χ1) is 12.2. The largest absolute Gasteiger partial charge is 0.308 e. The molecular formula is C19H21BrN2O3S. The molecule has 0 fully saturated rings. The second-order valence-corrected chi connectivity index (χ2v) is 9.62. The van der Waals surface area contributed by atoms with Crippen molar-refractivity contribution in [2.45, 2.75) is 31.2 Å². The van der Waals surface area contributed by atoms with Crippen LogP contribution in [0.2, 0.25) is 0 Å². The van der Waals surface area contributed by atoms with Crippen LogP contribution in [0.1, 0.15) is 18.1 Å². The first-order valence-corrected chi connectivity index (χ1v) is 10.6. The summed E-state index contributed by atoms with van der Waals surface area (Å²) < 4.78 is 27.5. The van der Waals surface area contributed by atoms with Crippen LogP contribution in [0.3, 0.4) is 0 Å². The van der Waals surface area contributed by atoms with Crippen LogP contribution in [0.25, 0.3) is 0 Å². The number of halogens is 1. The number of anilines is 1. The van der Waals surface area contributed by atoms with Gasteiger partial charge >= 0.3 is 0 Å². The zero-order valence-electron chi connectivity index (χ0n) is 14.9. The third-order valence-electron chi connectivity index (χ3n) is 4.61. The predicted octanol–water partition coefficient (Wildman–Crippen LogP) is 3.36. The summed E-state index contributed by atoms with van der Waals surface area (Å²) in [6.07, 6.45) is 0.759. The van der Waals surface area contributed by atoms with Crippen molar-refractivity contribution < 1.29 is 13.2 Å². The van der Waals surface area contributed by atoms with Gasteiger partial charge < -0.3 is 4.90 Å². The van der Waals surface area contributed by atoms with Gasteiger partial charge in [-0.1, -0.05) is 33.6 Å². The van der Waals surface area contributed by atoms with E-state index in [0.717, 1.165) is 32.0 Å². The molecule has 138 valence electrons. The van der Waals surface area contributed by atoms with Crippen molar-refractivity contribution in [3.63, 3.8) is 0 Å². The highest BCUT2D eigenvalue weighted by Crippen LogP contribution is 2.34. The van der Waals surface area contributed by atoms with Crippen molar-refractivity contribution in [1.82, 2.24) is 4.31 Å². The quantitative estimate of drug-likeness (QED) is 0.737. The minimum atomic E-state index is -3.70. The Labute approximate surface area is 162 Å². The Morgan fingerprint density at radius 2 is 1.88 bits per heavy atom. The number of aryl methyl sites for hydroxylation is 1. The molecule has 0 N–H and O–H groups in total. The number of fused-ring (bicyclic) bond motifs is 1. The fourth-order valence-electron chi connectivity index (χ4n) is 3.22. The van der Waals surface area contributed by atoms with E-state index in [1.165, 1.54) is 7.05 Å². The highest BCUT2D eigenvalue weighted by Gasteiger charge is 2.33. The molecule has 2 aromatic carbocycles. The lowest BCUT2D eigenvalue weighted by Gasteiger charge is -2.25. The molecule has 1 unspecified atom stereocenters. The number of benzene rings is 2. The van der Waals surface area contributed by atoms with Crippen LogP contribution in [0.15, 0.2) is 51.8 Å². The average molecular weight is 437 g/mol. The van der Waals surface area contributed by atoms with Gasteiger partial charge in [0.1, 0.15) is 0 Å². The number of likely N-dealkylation sites (N-methyl/N-ethyl adjacent to an activating group) is 1. The molecule has 1 atom stereocenters. The minimum Gasteiger partial charge on any atom is -0.308 e. The van der Waals surface area contributed by atoms with E-state index in [-0.39, 0.29) is 23.4 Å². The van der Waals surface area contributed by atoms with Gasteiger partial charge in [-0.25, -0.2) is 8.42 Å². The summed E-state index contributed by atoms with van der Waals surface area (Å²) in [6, 6.07) is 12.4. The fraction of sp³-hybridized carbons (Fsp3) is 0.316. The molecule has 0 spiro atoms. The number of carbonyl (C=O) groups excluding carboxylic acids is 1. The number of carbonyl (C=O) groups is 1. The Morgan fingerprint density at radius 1 is 1.23 bits per heavy atom. The van der Waals surface area contributed by atoms with E-state index in [2.05, 4.69) is 15.9 Å². The first kappa shape index (κ1) is 19.1. The topological polar surface area (TPSA) is 57.7 Å². The van der Waals surface area contributed by atoms with Gasteiger partial charge in [0.25, 0.3) is 0 Å². The molecule has 5 nitrogen and oxygen atoms in total. The van der Waals surface area contributed by atoms with E-state index in [1.54, 1.807) is 29.2 Å². The monoisotopic (exact) mass is 436 g/mol. The molecule has 2 aromatic rings. The van der Waals surface area contributed by atoms with E-state index in [9.17, 15) is 13.2 Å². The summed E-state index contributed by atoms with van der Waals surface area (Å²) in [6.45, 7) is 3.67. The maximum Gasteiger partial charge on any atom is 0.243 e. The van der Waals surface area contributed by atoms with Crippen molar-refractivity contribution in [2.75, 3.05) is 18.5 Å². The summed E-state index contributed by atoms with van der Waals surface area (Å²) in [5.74, 6) is -0.225. The van der Waals surface area contributed by atoms with Crippen LogP contribution in [0.5, 0.6) is 0 Å². The fourth-order valence-corrected chi connectivity index (χ4v) is 4.75. The van der Waals surface area contributed by atoms with E-state index in [0.29, 0.717) is 0 Å². The minimum absolute atomic E-state index is 0.00211. The first-order valence-electron chi connectivity index (χ1n) is 8.33. The summed E-state index contributed by atoms with van der Waals surface area (Å²) >= 11 is 3.45. The summed E-state index contributed by atoms with van der Waals surface area (Å²) in [5.41, 5.74) is 2.92. The number of hydrogen-bond donors (Lipinski definition) is 0. The normalized spacial score (nSPS) is 16.8. The lowest BCUT2D eigenvalue weighted by atomic mass is 10.1. The molecule has 1 aliphatic heterocycles. The summed E-state index contributed by atoms with van der Waals surface area (Å²) in [7, 11) is -2.26. The van der Waals surface area contributed by atoms with Gasteiger partial charge in [-0.3, -0.25) is 4.79 Å². The van der Waals surface area contributed by atoms with E-state index in [4.69, 9.17) is 0 Å². The van der Waals surface area contributed by atoms with Crippen molar-refractivity contribution >= 4 is 37.5 Å². The van der Waals surface area contributed by atoms with Crippen molar-refractivity contribution in [3.8, 4) is 0 Å². The number of sulfonamides is 1. The Morgan fingerprint density at radius 3 is 2.54 bits per heavy atom. The van der Waals surface area contributed by atoms with Gasteiger partial charge in [0.05, 0.1) is 11.4 Å². The Kier molecular flexibility index (Phi) is 5.23. The molecule has 26 heavy (non-hydrogen) atoms. The molecular weight excluding hydrogens is 416 g/mol. The molecule has 1 aliphatic rings. The zero-order valence-corrected chi connectivity index (χ0v) is 17.3. The second kappa shape index (κ2) is 7.13. The Hall–Kier alpha value is -1.70. The number of hydrogen-bond acceptors (Lipinski definition) is 3. The standard InChI is InChI=1S/C19H21BrN2O3S/c1-13-4-7-17(8-5-13)26(24,25)21(3)12-19(23)22-14(2)10-15-11-16(20)6-9-18(15)22/h4-9,11,14H,10,12H2,1-3H3. The highest BCUT2D eigenvalue weighted by molar-refractivity contribution is 9.10. The van der Waals surface area contributed by atoms with Crippen molar-refractivity contribution in [1.29, 1.82) is 0 Å². The van der Waals surface area contributed by atoms with Gasteiger partial charge in [-0.05, 0) is 56.2 Å². The third kappa shape index (κ3) is 3.56. The van der Waals surface area contributed by atoms with Crippen LogP contribution >= 0.6 is 15.9 Å². The van der Waals surface area contributed by atoms with Crippen LogP contribution in [0, 0.1) is 6.92 Å². The molecule has 0 saturated heterocycles. The number of rotatable bonds is 4. The molecule has 3 rings (SSSR count). The number of amides is 1. The van der Waals surface area contributed by atoms with Crippen molar-refractivity contribution in [2.24, 2.45) is 0 Å². The van der Waals surface area contributed by atoms with Crippen LogP contribution in [0.4, 0.5) is 5.69 Å². The summed E-state index contributed by atoms with van der Waals surface area (Å²) in [5, 5.41) is 0. The molecule has 0 radical (unpaired) electrons. The molecule has 1 heterocycles. The smallest absolute Gasteiger partial charge is 0.243 e. The predicted molar refractivity (Wildman–Crippen MR) is 106 cm³/mol. The lowest BCUT2D eigenvalue weighted by molar-refractivity contribution is -0.118. The lowest BCUT2D eigenvalue weighted by Crippen LogP contribution is -2.43.